The number of nitrogen functional groups attached to an aromatic ring is 1. The van der Waals surface area contributed by atoms with E-state index in [2.05, 4.69) is 15.9 Å². The Hall–Kier alpha value is -0.850. The van der Waals surface area contributed by atoms with Crippen LogP contribution in [0.15, 0.2) is 33.7 Å². The minimum absolute atomic E-state index is 0.290. The SMILES string of the molecule is Cc1cc(Br)c(N)cc1S(=O)(=O)N1CC=CCC1. The summed E-state index contributed by atoms with van der Waals surface area (Å²) in [7, 11) is -3.45. The fraction of sp³-hybridized carbons (Fsp3) is 0.333. The molecule has 18 heavy (non-hydrogen) atoms. The summed E-state index contributed by atoms with van der Waals surface area (Å²) in [5.74, 6) is 0. The molecule has 0 radical (unpaired) electrons. The largest absolute Gasteiger partial charge is 0.398 e. The van der Waals surface area contributed by atoms with E-state index < -0.39 is 10.0 Å². The molecule has 98 valence electrons. The van der Waals surface area contributed by atoms with Crippen molar-refractivity contribution in [1.29, 1.82) is 0 Å². The smallest absolute Gasteiger partial charge is 0.243 e. The van der Waals surface area contributed by atoms with Gasteiger partial charge in [-0.25, -0.2) is 8.42 Å². The second-order valence-electron chi connectivity index (χ2n) is 4.26. The zero-order chi connectivity index (χ0) is 13.3. The highest BCUT2D eigenvalue weighted by molar-refractivity contribution is 9.10. The van der Waals surface area contributed by atoms with E-state index in [1.54, 1.807) is 13.0 Å². The number of sulfonamides is 1. The number of hydrogen-bond donors (Lipinski definition) is 1. The highest BCUT2D eigenvalue weighted by atomic mass is 79.9. The number of nitrogens with zero attached hydrogens (tertiary/aromatic N) is 1. The van der Waals surface area contributed by atoms with Crippen LogP contribution in [0.3, 0.4) is 0 Å². The second-order valence-corrected chi connectivity index (χ2v) is 7.02. The van der Waals surface area contributed by atoms with Crippen LogP contribution in [0.5, 0.6) is 0 Å². The highest BCUT2D eigenvalue weighted by Gasteiger charge is 2.26. The molecule has 6 heteroatoms. The molecular weight excluding hydrogens is 316 g/mol. The number of benzene rings is 1. The minimum Gasteiger partial charge on any atom is -0.398 e. The van der Waals surface area contributed by atoms with Gasteiger partial charge in [0.2, 0.25) is 10.0 Å². The minimum atomic E-state index is -3.45. The monoisotopic (exact) mass is 330 g/mol. The van der Waals surface area contributed by atoms with Crippen LogP contribution in [0.2, 0.25) is 0 Å². The van der Waals surface area contributed by atoms with Gasteiger partial charge in [-0.05, 0) is 47.0 Å². The molecule has 0 saturated heterocycles. The van der Waals surface area contributed by atoms with Gasteiger partial charge in [0.1, 0.15) is 0 Å². The Labute approximate surface area is 116 Å². The van der Waals surface area contributed by atoms with Gasteiger partial charge in [0.25, 0.3) is 0 Å². The van der Waals surface area contributed by atoms with Crippen LogP contribution in [0, 0.1) is 6.92 Å². The average Bonchev–Trinajstić information content (AvgIpc) is 2.34. The fourth-order valence-electron chi connectivity index (χ4n) is 1.92. The Morgan fingerprint density at radius 3 is 2.67 bits per heavy atom. The predicted octanol–water partition coefficient (Wildman–Crippen LogP) is 2.29. The van der Waals surface area contributed by atoms with Crippen molar-refractivity contribution in [3.05, 3.63) is 34.3 Å². The summed E-state index contributed by atoms with van der Waals surface area (Å²) in [4.78, 5) is 0.290. The molecule has 0 fully saturated rings. The van der Waals surface area contributed by atoms with Gasteiger partial charge in [-0.1, -0.05) is 12.2 Å². The van der Waals surface area contributed by atoms with E-state index in [1.807, 2.05) is 12.2 Å². The molecule has 0 saturated carbocycles. The van der Waals surface area contributed by atoms with Crippen molar-refractivity contribution in [2.24, 2.45) is 0 Å². The Bertz CT molecular complexity index is 596. The van der Waals surface area contributed by atoms with Crippen molar-refractivity contribution in [2.75, 3.05) is 18.8 Å². The molecule has 2 N–H and O–H groups in total. The molecule has 1 heterocycles. The molecule has 2 rings (SSSR count). The van der Waals surface area contributed by atoms with Gasteiger partial charge >= 0.3 is 0 Å². The maximum atomic E-state index is 12.5. The van der Waals surface area contributed by atoms with Crippen LogP contribution >= 0.6 is 15.9 Å². The molecule has 0 bridgehead atoms. The van der Waals surface area contributed by atoms with E-state index in [9.17, 15) is 8.42 Å². The molecule has 1 aliphatic heterocycles. The molecule has 0 amide bonds. The Balaban J connectivity index is 2.47. The lowest BCUT2D eigenvalue weighted by Crippen LogP contribution is -2.34. The molecule has 4 nitrogen and oxygen atoms in total. The molecule has 0 unspecified atom stereocenters. The van der Waals surface area contributed by atoms with Crippen LogP contribution in [-0.2, 0) is 10.0 Å². The first-order valence-corrected chi connectivity index (χ1v) is 7.87. The van der Waals surface area contributed by atoms with E-state index in [1.165, 1.54) is 10.4 Å². The highest BCUT2D eigenvalue weighted by Crippen LogP contribution is 2.29. The first-order valence-electron chi connectivity index (χ1n) is 5.63. The number of aryl methyl sites for hydroxylation is 1. The van der Waals surface area contributed by atoms with Gasteiger partial charge in [-0.15, -0.1) is 0 Å². The summed E-state index contributed by atoms with van der Waals surface area (Å²) in [6, 6.07) is 3.26. The van der Waals surface area contributed by atoms with Crippen molar-refractivity contribution >= 4 is 31.6 Å². The van der Waals surface area contributed by atoms with Gasteiger partial charge in [0.05, 0.1) is 4.90 Å². The molecule has 0 atom stereocenters. The van der Waals surface area contributed by atoms with Gasteiger partial charge in [-0.3, -0.25) is 0 Å². The van der Waals surface area contributed by atoms with Gasteiger partial charge in [-0.2, -0.15) is 4.31 Å². The maximum Gasteiger partial charge on any atom is 0.243 e. The third-order valence-corrected chi connectivity index (χ3v) is 5.63. The lowest BCUT2D eigenvalue weighted by atomic mass is 10.2. The summed E-state index contributed by atoms with van der Waals surface area (Å²) < 4.78 is 27.2. The third-order valence-electron chi connectivity index (χ3n) is 2.93. The van der Waals surface area contributed by atoms with E-state index in [0.29, 0.717) is 29.2 Å². The second kappa shape index (κ2) is 5.03. The first-order chi connectivity index (χ1) is 8.43. The quantitative estimate of drug-likeness (QED) is 0.668. The molecule has 0 spiro atoms. The van der Waals surface area contributed by atoms with Gasteiger partial charge in [0.15, 0.2) is 0 Å². The number of anilines is 1. The average molecular weight is 331 g/mol. The van der Waals surface area contributed by atoms with E-state index in [0.717, 1.165) is 10.9 Å². The van der Waals surface area contributed by atoms with Gasteiger partial charge < -0.3 is 5.73 Å². The fourth-order valence-corrected chi connectivity index (χ4v) is 4.03. The van der Waals surface area contributed by atoms with E-state index in [4.69, 9.17) is 5.73 Å². The van der Waals surface area contributed by atoms with Crippen LogP contribution < -0.4 is 5.73 Å². The summed E-state index contributed by atoms with van der Waals surface area (Å²) in [6.45, 7) is 2.73. The molecule has 0 aliphatic carbocycles. The predicted molar refractivity (Wildman–Crippen MR) is 75.8 cm³/mol. The van der Waals surface area contributed by atoms with Crippen LogP contribution in [-0.4, -0.2) is 25.8 Å². The van der Waals surface area contributed by atoms with Crippen molar-refractivity contribution < 1.29 is 8.42 Å². The van der Waals surface area contributed by atoms with Crippen molar-refractivity contribution in [2.45, 2.75) is 18.2 Å². The van der Waals surface area contributed by atoms with Gasteiger partial charge in [0, 0.05) is 23.2 Å². The number of halogens is 1. The zero-order valence-electron chi connectivity index (χ0n) is 10.1. The molecule has 0 aromatic heterocycles. The summed E-state index contributed by atoms with van der Waals surface area (Å²) in [5, 5.41) is 0. The third kappa shape index (κ3) is 2.46. The lowest BCUT2D eigenvalue weighted by molar-refractivity contribution is 0.437. The topological polar surface area (TPSA) is 63.4 Å². The lowest BCUT2D eigenvalue weighted by Gasteiger charge is -2.24. The van der Waals surface area contributed by atoms with E-state index >= 15 is 0 Å². The first kappa shape index (κ1) is 13.6. The standard InChI is InChI=1S/C12H15BrN2O2S/c1-9-7-10(13)11(14)8-12(9)18(16,17)15-5-3-2-4-6-15/h2-3,7-8H,4-6,14H2,1H3. The Morgan fingerprint density at radius 2 is 2.06 bits per heavy atom. The van der Waals surface area contributed by atoms with E-state index in [-0.39, 0.29) is 0 Å². The Kier molecular flexibility index (Phi) is 3.79. The van der Waals surface area contributed by atoms with Crippen LogP contribution in [0.1, 0.15) is 12.0 Å². The molecule has 1 aliphatic rings. The summed E-state index contributed by atoms with van der Waals surface area (Å²) in [6.07, 6.45) is 4.62. The number of nitrogens with two attached hydrogens (primary N) is 1. The van der Waals surface area contributed by atoms with Crippen LogP contribution in [0.25, 0.3) is 0 Å². The number of hydrogen-bond acceptors (Lipinski definition) is 3. The van der Waals surface area contributed by atoms with Crippen LogP contribution in [0.4, 0.5) is 5.69 Å². The molecule has 1 aromatic carbocycles. The number of rotatable bonds is 2. The molecular formula is C12H15BrN2O2S. The van der Waals surface area contributed by atoms with Crippen molar-refractivity contribution in [1.82, 2.24) is 4.31 Å². The van der Waals surface area contributed by atoms with Crippen molar-refractivity contribution in [3.63, 3.8) is 0 Å². The Morgan fingerprint density at radius 1 is 1.33 bits per heavy atom. The zero-order valence-corrected chi connectivity index (χ0v) is 12.5. The molecule has 1 aromatic rings. The summed E-state index contributed by atoms with van der Waals surface area (Å²) >= 11 is 3.30. The maximum absolute atomic E-state index is 12.5. The normalized spacial score (nSPS) is 17.0. The summed E-state index contributed by atoms with van der Waals surface area (Å²) in [5.41, 5.74) is 6.91. The van der Waals surface area contributed by atoms with Crippen molar-refractivity contribution in [3.8, 4) is 0 Å².